The van der Waals surface area contributed by atoms with Crippen LogP contribution in [0.2, 0.25) is 0 Å². The Kier molecular flexibility index (Phi) is 2.69. The first-order valence-corrected chi connectivity index (χ1v) is 3.93. The number of rotatable bonds is 0. The van der Waals surface area contributed by atoms with Crippen LogP contribution in [0.5, 0.6) is 0 Å². The largest absolute Gasteiger partial charge is 0.448 e. The minimum absolute atomic E-state index is 0.0116. The molecule has 0 saturated carbocycles. The van der Waals surface area contributed by atoms with Crippen LogP contribution in [0.15, 0.2) is 33.8 Å². The summed E-state index contributed by atoms with van der Waals surface area (Å²) >= 11 is 0. The highest BCUT2D eigenvalue weighted by molar-refractivity contribution is 5.72. The van der Waals surface area contributed by atoms with E-state index in [1.807, 2.05) is 13.8 Å². The van der Waals surface area contributed by atoms with Gasteiger partial charge in [-0.2, -0.15) is 0 Å². The van der Waals surface area contributed by atoms with Crippen LogP contribution in [-0.4, -0.2) is 4.98 Å². The van der Waals surface area contributed by atoms with Gasteiger partial charge < -0.3 is 9.40 Å². The average molecular weight is 165 g/mol. The predicted molar refractivity (Wildman–Crippen MR) is 48.2 cm³/mol. The van der Waals surface area contributed by atoms with Gasteiger partial charge in [0.25, 0.3) is 0 Å². The fraction of sp³-hybridized carbons (Fsp3) is 0.222. The summed E-state index contributed by atoms with van der Waals surface area (Å²) in [7, 11) is 0. The van der Waals surface area contributed by atoms with E-state index in [4.69, 9.17) is 4.42 Å². The van der Waals surface area contributed by atoms with Gasteiger partial charge in [0.15, 0.2) is 5.43 Å². The van der Waals surface area contributed by atoms with Gasteiger partial charge in [0.05, 0.1) is 11.6 Å². The third kappa shape index (κ3) is 1.39. The van der Waals surface area contributed by atoms with Crippen molar-refractivity contribution >= 4 is 11.1 Å². The topological polar surface area (TPSA) is 46.0 Å². The van der Waals surface area contributed by atoms with Gasteiger partial charge in [-0.05, 0) is 6.07 Å². The van der Waals surface area contributed by atoms with E-state index < -0.39 is 0 Å². The maximum Gasteiger partial charge on any atom is 0.207 e. The average Bonchev–Trinajstić information content (AvgIpc) is 2.57. The number of hydrogen-bond acceptors (Lipinski definition) is 2. The highest BCUT2D eigenvalue weighted by atomic mass is 16.3. The Hall–Kier alpha value is -1.51. The third-order valence-electron chi connectivity index (χ3n) is 1.38. The summed E-state index contributed by atoms with van der Waals surface area (Å²) in [5.74, 6) is 0. The van der Waals surface area contributed by atoms with Gasteiger partial charge in [-0.1, -0.05) is 13.8 Å². The zero-order chi connectivity index (χ0) is 8.97. The molecule has 2 heterocycles. The highest BCUT2D eigenvalue weighted by Gasteiger charge is 1.97. The molecule has 0 fully saturated rings. The monoisotopic (exact) mass is 165 g/mol. The minimum atomic E-state index is -0.0116. The van der Waals surface area contributed by atoms with Crippen molar-refractivity contribution in [3.05, 3.63) is 34.8 Å². The van der Waals surface area contributed by atoms with Crippen LogP contribution in [0.4, 0.5) is 0 Å². The van der Waals surface area contributed by atoms with Crippen LogP contribution in [-0.2, 0) is 0 Å². The molecule has 0 spiro atoms. The van der Waals surface area contributed by atoms with Gasteiger partial charge in [-0.15, -0.1) is 0 Å². The number of hydrogen-bond donors (Lipinski definition) is 1. The molecule has 0 aliphatic carbocycles. The molecule has 0 radical (unpaired) electrons. The molecule has 0 bridgehead atoms. The second-order valence-electron chi connectivity index (χ2n) is 2.01. The standard InChI is InChI=1S/C7H5NO2.C2H6/c9-6-1-3-8-7-5(6)2-4-10-7;1-2/h1-4H,(H,8,9);1-2H3. The van der Waals surface area contributed by atoms with Crippen molar-refractivity contribution in [3.8, 4) is 0 Å². The fourth-order valence-corrected chi connectivity index (χ4v) is 0.898. The van der Waals surface area contributed by atoms with Crippen LogP contribution in [0.3, 0.4) is 0 Å². The number of pyridine rings is 1. The highest BCUT2D eigenvalue weighted by Crippen LogP contribution is 2.05. The van der Waals surface area contributed by atoms with E-state index in [2.05, 4.69) is 4.98 Å². The van der Waals surface area contributed by atoms with E-state index in [1.54, 1.807) is 12.3 Å². The molecule has 0 unspecified atom stereocenters. The quantitative estimate of drug-likeness (QED) is 0.650. The third-order valence-corrected chi connectivity index (χ3v) is 1.38. The van der Waals surface area contributed by atoms with Gasteiger partial charge in [0, 0.05) is 12.3 Å². The second kappa shape index (κ2) is 3.76. The van der Waals surface area contributed by atoms with Crippen LogP contribution in [0.25, 0.3) is 11.1 Å². The maximum atomic E-state index is 11.0. The van der Waals surface area contributed by atoms with Crippen molar-refractivity contribution in [2.24, 2.45) is 0 Å². The molecule has 1 N–H and O–H groups in total. The number of H-pyrrole nitrogens is 1. The zero-order valence-corrected chi connectivity index (χ0v) is 7.13. The van der Waals surface area contributed by atoms with E-state index in [9.17, 15) is 4.79 Å². The van der Waals surface area contributed by atoms with Gasteiger partial charge in [-0.25, -0.2) is 0 Å². The summed E-state index contributed by atoms with van der Waals surface area (Å²) in [6.07, 6.45) is 3.05. The molecule has 2 aromatic rings. The molecule has 3 heteroatoms. The van der Waals surface area contributed by atoms with Gasteiger partial charge >= 0.3 is 0 Å². The lowest BCUT2D eigenvalue weighted by Crippen LogP contribution is -1.96. The number of aromatic nitrogens is 1. The molecular formula is C9H11NO2. The van der Waals surface area contributed by atoms with Gasteiger partial charge in [-0.3, -0.25) is 4.79 Å². The smallest absolute Gasteiger partial charge is 0.207 e. The first kappa shape index (κ1) is 8.59. The molecule has 0 saturated heterocycles. The second-order valence-corrected chi connectivity index (χ2v) is 2.01. The normalized spacial score (nSPS) is 9.17. The number of nitrogens with one attached hydrogen (secondary N) is 1. The molecule has 2 rings (SSSR count). The Morgan fingerprint density at radius 1 is 1.33 bits per heavy atom. The Morgan fingerprint density at radius 2 is 2.08 bits per heavy atom. The lowest BCUT2D eigenvalue weighted by Gasteiger charge is -1.82. The van der Waals surface area contributed by atoms with E-state index in [1.165, 1.54) is 12.3 Å². The lowest BCUT2D eigenvalue weighted by atomic mass is 10.3. The molecule has 0 amide bonds. The first-order chi connectivity index (χ1) is 5.88. The Balaban J connectivity index is 0.000000336. The van der Waals surface area contributed by atoms with Crippen molar-refractivity contribution in [3.63, 3.8) is 0 Å². The van der Waals surface area contributed by atoms with Crippen LogP contribution in [0, 0.1) is 0 Å². The number of fused-ring (bicyclic) bond motifs is 1. The van der Waals surface area contributed by atoms with Crippen LogP contribution < -0.4 is 5.43 Å². The molecule has 0 aliphatic rings. The van der Waals surface area contributed by atoms with Crippen LogP contribution in [0.1, 0.15) is 13.8 Å². The van der Waals surface area contributed by atoms with E-state index in [0.717, 1.165) is 0 Å². The Labute approximate surface area is 70.0 Å². The van der Waals surface area contributed by atoms with Crippen molar-refractivity contribution in [2.75, 3.05) is 0 Å². The molecule has 3 nitrogen and oxygen atoms in total. The van der Waals surface area contributed by atoms with E-state index in [0.29, 0.717) is 11.1 Å². The number of aromatic amines is 1. The summed E-state index contributed by atoms with van der Waals surface area (Å²) < 4.78 is 4.94. The lowest BCUT2D eigenvalue weighted by molar-refractivity contribution is 0.603. The SMILES string of the molecule is CC.O=c1cc[nH]c2occc12. The molecule has 12 heavy (non-hydrogen) atoms. The van der Waals surface area contributed by atoms with Gasteiger partial charge in [0.1, 0.15) is 0 Å². The maximum absolute atomic E-state index is 11.0. The molecule has 0 aromatic carbocycles. The fourth-order valence-electron chi connectivity index (χ4n) is 0.898. The van der Waals surface area contributed by atoms with Gasteiger partial charge in [0.2, 0.25) is 5.71 Å². The minimum Gasteiger partial charge on any atom is -0.448 e. The number of furan rings is 1. The van der Waals surface area contributed by atoms with Crippen molar-refractivity contribution in [1.82, 2.24) is 4.98 Å². The summed E-state index contributed by atoms with van der Waals surface area (Å²) in [6, 6.07) is 3.12. The molecule has 64 valence electrons. The first-order valence-electron chi connectivity index (χ1n) is 3.93. The molecular weight excluding hydrogens is 154 g/mol. The predicted octanol–water partition coefficient (Wildman–Crippen LogP) is 2.15. The zero-order valence-electron chi connectivity index (χ0n) is 7.13. The van der Waals surface area contributed by atoms with Crippen molar-refractivity contribution in [1.29, 1.82) is 0 Å². The Morgan fingerprint density at radius 3 is 2.75 bits per heavy atom. The summed E-state index contributed by atoms with van der Waals surface area (Å²) in [6.45, 7) is 4.00. The molecule has 2 aromatic heterocycles. The van der Waals surface area contributed by atoms with Crippen molar-refractivity contribution in [2.45, 2.75) is 13.8 Å². The van der Waals surface area contributed by atoms with E-state index in [-0.39, 0.29) is 5.43 Å². The molecule has 0 atom stereocenters. The molecule has 0 aliphatic heterocycles. The summed E-state index contributed by atoms with van der Waals surface area (Å²) in [4.78, 5) is 13.8. The summed E-state index contributed by atoms with van der Waals surface area (Å²) in [5, 5.41) is 0.600. The van der Waals surface area contributed by atoms with Crippen LogP contribution >= 0.6 is 0 Å². The summed E-state index contributed by atoms with van der Waals surface area (Å²) in [5.41, 5.74) is 0.523. The van der Waals surface area contributed by atoms with E-state index >= 15 is 0 Å². The Bertz CT molecular complexity index is 400. The van der Waals surface area contributed by atoms with Crippen molar-refractivity contribution < 1.29 is 4.42 Å².